The molecule has 0 saturated carbocycles. The second kappa shape index (κ2) is 3.87. The third kappa shape index (κ3) is 3.52. The highest BCUT2D eigenvalue weighted by atomic mass is 32.2. The molecule has 40 valence electrons. The van der Waals surface area contributed by atoms with Crippen molar-refractivity contribution < 1.29 is 0 Å². The molecule has 0 atom stereocenters. The molecule has 0 spiro atoms. The van der Waals surface area contributed by atoms with Gasteiger partial charge in [-0.1, -0.05) is 13.5 Å². The molecule has 0 aliphatic rings. The Kier molecular flexibility index (Phi) is 3.69. The van der Waals surface area contributed by atoms with Crippen molar-refractivity contribution in [3.63, 3.8) is 0 Å². The lowest BCUT2D eigenvalue weighted by Crippen LogP contribution is -1.64. The molecule has 0 bridgehead atoms. The predicted molar refractivity (Wildman–Crippen MR) is 32.4 cm³/mol. The average Bonchev–Trinajstić information content (AvgIpc) is 1.68. The Labute approximate surface area is 47.5 Å². The molecule has 0 radical (unpaired) electrons. The number of hydrogen-bond acceptors (Lipinski definition) is 3. The smallest absolute Gasteiger partial charge is 0.111 e. The summed E-state index contributed by atoms with van der Waals surface area (Å²) in [5.41, 5.74) is 6.42. The van der Waals surface area contributed by atoms with Crippen LogP contribution in [0, 0.1) is 5.53 Å². The van der Waals surface area contributed by atoms with Gasteiger partial charge in [-0.05, 0) is 5.75 Å². The first-order valence-electron chi connectivity index (χ1n) is 2.00. The summed E-state index contributed by atoms with van der Waals surface area (Å²) >= 11 is 1.48. The minimum absolute atomic E-state index is 0.586. The lowest BCUT2D eigenvalue weighted by Gasteiger charge is -1.87. The van der Waals surface area contributed by atoms with Crippen molar-refractivity contribution in [2.24, 2.45) is 5.11 Å². The van der Waals surface area contributed by atoms with Crippen LogP contribution in [0.5, 0.6) is 0 Å². The SMILES string of the molecule is C=C(N=N)SCC. The first-order valence-corrected chi connectivity index (χ1v) is 2.99. The third-order valence-corrected chi connectivity index (χ3v) is 1.15. The highest BCUT2D eigenvalue weighted by Crippen LogP contribution is 2.11. The van der Waals surface area contributed by atoms with E-state index in [9.17, 15) is 0 Å². The van der Waals surface area contributed by atoms with E-state index in [1.54, 1.807) is 0 Å². The van der Waals surface area contributed by atoms with Gasteiger partial charge in [-0.25, -0.2) is 5.53 Å². The second-order valence-corrected chi connectivity index (χ2v) is 2.28. The molecule has 0 aromatic heterocycles. The van der Waals surface area contributed by atoms with Crippen molar-refractivity contribution >= 4 is 11.8 Å². The summed E-state index contributed by atoms with van der Waals surface area (Å²) < 4.78 is 0. The zero-order valence-corrected chi connectivity index (χ0v) is 5.09. The Morgan fingerprint density at radius 3 is 2.71 bits per heavy atom. The third-order valence-electron chi connectivity index (χ3n) is 0.436. The minimum Gasteiger partial charge on any atom is -0.204 e. The molecule has 0 aromatic rings. The summed E-state index contributed by atoms with van der Waals surface area (Å²) in [6.45, 7) is 5.47. The molecule has 2 nitrogen and oxygen atoms in total. The van der Waals surface area contributed by atoms with E-state index in [1.165, 1.54) is 11.8 Å². The van der Waals surface area contributed by atoms with Gasteiger partial charge in [0.1, 0.15) is 5.03 Å². The highest BCUT2D eigenvalue weighted by Gasteiger charge is 1.82. The molecule has 0 saturated heterocycles. The van der Waals surface area contributed by atoms with Crippen LogP contribution in [0.15, 0.2) is 16.7 Å². The Morgan fingerprint density at radius 2 is 2.57 bits per heavy atom. The Bertz CT molecular complexity index is 79.8. The van der Waals surface area contributed by atoms with Gasteiger partial charge < -0.3 is 0 Å². The molecule has 0 unspecified atom stereocenters. The second-order valence-electron chi connectivity index (χ2n) is 0.939. The Balaban J connectivity index is 3.17. The summed E-state index contributed by atoms with van der Waals surface area (Å²) in [6, 6.07) is 0. The molecule has 0 aliphatic carbocycles. The number of nitrogens with zero attached hydrogens (tertiary/aromatic N) is 1. The molecule has 0 aliphatic heterocycles. The molecule has 3 heteroatoms. The maximum Gasteiger partial charge on any atom is 0.111 e. The molecular weight excluding hydrogens is 108 g/mol. The van der Waals surface area contributed by atoms with Crippen molar-refractivity contribution in [3.8, 4) is 0 Å². The standard InChI is InChI=1S/C4H8N2S/c1-3-7-4(2)6-5/h5H,2-3H2,1H3. The van der Waals surface area contributed by atoms with Gasteiger partial charge in [0.05, 0.1) is 0 Å². The average molecular weight is 116 g/mol. The monoisotopic (exact) mass is 116 g/mol. The summed E-state index contributed by atoms with van der Waals surface area (Å²) in [7, 11) is 0. The zero-order valence-electron chi connectivity index (χ0n) is 4.27. The van der Waals surface area contributed by atoms with Crippen molar-refractivity contribution in [2.45, 2.75) is 6.92 Å². The minimum atomic E-state index is 0.586. The van der Waals surface area contributed by atoms with E-state index in [-0.39, 0.29) is 0 Å². The van der Waals surface area contributed by atoms with Gasteiger partial charge in [-0.2, -0.15) is 5.11 Å². The zero-order chi connectivity index (χ0) is 5.70. The highest BCUT2D eigenvalue weighted by molar-refractivity contribution is 8.02. The summed E-state index contributed by atoms with van der Waals surface area (Å²) in [5, 5.41) is 3.68. The number of hydrogen-bond donors (Lipinski definition) is 1. The van der Waals surface area contributed by atoms with E-state index in [0.717, 1.165) is 5.75 Å². The Morgan fingerprint density at radius 1 is 2.00 bits per heavy atom. The summed E-state index contributed by atoms with van der Waals surface area (Å²) in [5.74, 6) is 0.946. The van der Waals surface area contributed by atoms with Crippen molar-refractivity contribution in [3.05, 3.63) is 11.6 Å². The van der Waals surface area contributed by atoms with Crippen LogP contribution in [0.1, 0.15) is 6.92 Å². The van der Waals surface area contributed by atoms with E-state index in [1.807, 2.05) is 6.92 Å². The van der Waals surface area contributed by atoms with Crippen LogP contribution in [-0.4, -0.2) is 5.75 Å². The van der Waals surface area contributed by atoms with Gasteiger partial charge in [-0.3, -0.25) is 0 Å². The van der Waals surface area contributed by atoms with E-state index >= 15 is 0 Å². The van der Waals surface area contributed by atoms with E-state index in [0.29, 0.717) is 5.03 Å². The first-order chi connectivity index (χ1) is 3.31. The molecule has 0 heterocycles. The number of thioether (sulfide) groups is 1. The molecule has 0 fully saturated rings. The van der Waals surface area contributed by atoms with Gasteiger partial charge >= 0.3 is 0 Å². The maximum absolute atomic E-state index is 6.42. The fraction of sp³-hybridized carbons (Fsp3) is 0.500. The fourth-order valence-corrected chi connectivity index (χ4v) is 0.597. The van der Waals surface area contributed by atoms with E-state index in [2.05, 4.69) is 11.7 Å². The van der Waals surface area contributed by atoms with Crippen molar-refractivity contribution in [2.75, 3.05) is 5.75 Å². The summed E-state index contributed by atoms with van der Waals surface area (Å²) in [4.78, 5) is 0. The van der Waals surface area contributed by atoms with Crippen LogP contribution in [0.2, 0.25) is 0 Å². The predicted octanol–water partition coefficient (Wildman–Crippen LogP) is 2.24. The maximum atomic E-state index is 6.42. The quantitative estimate of drug-likeness (QED) is 0.564. The van der Waals surface area contributed by atoms with E-state index < -0.39 is 0 Å². The molecule has 0 rings (SSSR count). The lowest BCUT2D eigenvalue weighted by atomic mass is 11.0. The number of rotatable bonds is 3. The van der Waals surface area contributed by atoms with Crippen LogP contribution in [0.4, 0.5) is 0 Å². The van der Waals surface area contributed by atoms with Crippen LogP contribution >= 0.6 is 11.8 Å². The largest absolute Gasteiger partial charge is 0.204 e. The molecular formula is C4H8N2S. The van der Waals surface area contributed by atoms with Gasteiger partial charge in [0, 0.05) is 0 Å². The molecule has 1 N–H and O–H groups in total. The van der Waals surface area contributed by atoms with Crippen LogP contribution in [-0.2, 0) is 0 Å². The normalized spacial score (nSPS) is 8.14. The Hall–Kier alpha value is -0.310. The lowest BCUT2D eigenvalue weighted by molar-refractivity contribution is 1.13. The summed E-state index contributed by atoms with van der Waals surface area (Å²) in [6.07, 6.45) is 0. The van der Waals surface area contributed by atoms with Gasteiger partial charge in [0.15, 0.2) is 0 Å². The van der Waals surface area contributed by atoms with Crippen molar-refractivity contribution in [1.82, 2.24) is 0 Å². The van der Waals surface area contributed by atoms with Gasteiger partial charge in [-0.15, -0.1) is 11.8 Å². The van der Waals surface area contributed by atoms with Gasteiger partial charge in [0.25, 0.3) is 0 Å². The fourth-order valence-electron chi connectivity index (χ4n) is 0.199. The van der Waals surface area contributed by atoms with Crippen molar-refractivity contribution in [1.29, 1.82) is 5.53 Å². The molecule has 0 amide bonds. The van der Waals surface area contributed by atoms with Crippen LogP contribution in [0.25, 0.3) is 0 Å². The first kappa shape index (κ1) is 6.69. The van der Waals surface area contributed by atoms with Gasteiger partial charge in [0.2, 0.25) is 0 Å². The number of nitrogens with one attached hydrogen (secondary N) is 1. The molecule has 0 aromatic carbocycles. The van der Waals surface area contributed by atoms with E-state index in [4.69, 9.17) is 5.53 Å². The topological polar surface area (TPSA) is 36.2 Å². The molecule has 7 heavy (non-hydrogen) atoms. The van der Waals surface area contributed by atoms with Crippen LogP contribution in [0.3, 0.4) is 0 Å². The van der Waals surface area contributed by atoms with Crippen LogP contribution < -0.4 is 0 Å².